The lowest BCUT2D eigenvalue weighted by atomic mass is 10.00. The normalized spacial score (nSPS) is 16.8. The molecule has 0 bridgehead atoms. The zero-order valence-electron chi connectivity index (χ0n) is 18.6. The Hall–Kier alpha value is -3.27. The zero-order valence-corrected chi connectivity index (χ0v) is 18.6. The van der Waals surface area contributed by atoms with Gasteiger partial charge in [0.2, 0.25) is 0 Å². The van der Waals surface area contributed by atoms with Gasteiger partial charge in [0, 0.05) is 24.1 Å². The summed E-state index contributed by atoms with van der Waals surface area (Å²) in [7, 11) is 0. The van der Waals surface area contributed by atoms with Crippen LogP contribution in [0.1, 0.15) is 49.0 Å². The Morgan fingerprint density at radius 2 is 1.78 bits per heavy atom. The van der Waals surface area contributed by atoms with E-state index in [2.05, 4.69) is 10.6 Å². The predicted octanol–water partition coefficient (Wildman–Crippen LogP) is 1.22. The van der Waals surface area contributed by atoms with Crippen LogP contribution in [0.15, 0.2) is 18.2 Å². The Balaban J connectivity index is 2.31. The molecule has 1 saturated heterocycles. The van der Waals surface area contributed by atoms with Gasteiger partial charge in [0.1, 0.15) is 18.4 Å². The predicted molar refractivity (Wildman–Crippen MR) is 117 cm³/mol. The van der Waals surface area contributed by atoms with Crippen molar-refractivity contribution in [3.8, 4) is 0 Å². The Morgan fingerprint density at radius 3 is 2.31 bits per heavy atom. The fourth-order valence-electron chi connectivity index (χ4n) is 3.90. The Labute approximate surface area is 186 Å². The van der Waals surface area contributed by atoms with Crippen molar-refractivity contribution in [3.05, 3.63) is 29.3 Å². The summed E-state index contributed by atoms with van der Waals surface area (Å²) in [6.45, 7) is 5.65. The minimum atomic E-state index is -1.24. The number of anilines is 1. The van der Waals surface area contributed by atoms with Crippen molar-refractivity contribution in [1.29, 1.82) is 0 Å². The summed E-state index contributed by atoms with van der Waals surface area (Å²) >= 11 is 0. The van der Waals surface area contributed by atoms with Crippen LogP contribution < -0.4 is 16.4 Å². The molecule has 0 aromatic heterocycles. The lowest BCUT2D eigenvalue weighted by Gasteiger charge is -2.33. The molecule has 0 saturated carbocycles. The van der Waals surface area contributed by atoms with Gasteiger partial charge in [-0.15, -0.1) is 0 Å². The average molecular weight is 448 g/mol. The van der Waals surface area contributed by atoms with Gasteiger partial charge in [0.25, 0.3) is 5.91 Å². The lowest BCUT2D eigenvalue weighted by Crippen LogP contribution is -2.66. The van der Waals surface area contributed by atoms with Crippen LogP contribution in [0.3, 0.4) is 0 Å². The molecule has 2 atom stereocenters. The van der Waals surface area contributed by atoms with Crippen molar-refractivity contribution >= 4 is 35.8 Å². The van der Waals surface area contributed by atoms with Crippen LogP contribution in [0.5, 0.6) is 0 Å². The number of nitrogens with two attached hydrogens (primary N) is 1. The number of benzene rings is 1. The van der Waals surface area contributed by atoms with E-state index in [1.165, 1.54) is 0 Å². The molecule has 1 fully saturated rings. The van der Waals surface area contributed by atoms with Gasteiger partial charge >= 0.3 is 17.9 Å². The van der Waals surface area contributed by atoms with Crippen molar-refractivity contribution < 1.29 is 33.6 Å². The second kappa shape index (κ2) is 10.4. The SMILES string of the molecule is Cc1c(N)cccc1C(=O)N[C@H](C(=O)[N+]1(C(=O)N[C@H](C=O)CC(=O)O)CCCC1)C(C)C. The molecule has 0 unspecified atom stereocenters. The molecule has 1 aromatic carbocycles. The number of rotatable bonds is 8. The Bertz CT molecular complexity index is 908. The van der Waals surface area contributed by atoms with Crippen LogP contribution >= 0.6 is 0 Å². The highest BCUT2D eigenvalue weighted by Gasteiger charge is 2.51. The number of likely N-dealkylation sites (tertiary alicyclic amines) is 1. The quantitative estimate of drug-likeness (QED) is 0.265. The summed E-state index contributed by atoms with van der Waals surface area (Å²) in [6, 6.07) is 1.98. The van der Waals surface area contributed by atoms with E-state index < -0.39 is 46.8 Å². The van der Waals surface area contributed by atoms with Crippen LogP contribution in [0.25, 0.3) is 0 Å². The number of carbonyl (C=O) groups is 5. The first-order valence-electron chi connectivity index (χ1n) is 10.6. The van der Waals surface area contributed by atoms with Gasteiger partial charge in [-0.3, -0.25) is 14.9 Å². The number of carboxylic acid groups (broad SMARTS) is 1. The van der Waals surface area contributed by atoms with Gasteiger partial charge in [0.05, 0.1) is 19.5 Å². The minimum absolute atomic E-state index is 0.208. The first kappa shape index (κ1) is 25.0. The molecule has 1 aromatic rings. The van der Waals surface area contributed by atoms with E-state index in [0.717, 1.165) is 0 Å². The third kappa shape index (κ3) is 5.31. The maximum Gasteiger partial charge on any atom is 0.424 e. The number of carboxylic acids is 1. The third-order valence-electron chi connectivity index (χ3n) is 5.85. The number of nitrogen functional groups attached to an aromatic ring is 1. The molecular weight excluding hydrogens is 416 g/mol. The molecule has 5 N–H and O–H groups in total. The maximum atomic E-state index is 13.6. The number of aldehydes is 1. The highest BCUT2D eigenvalue weighted by atomic mass is 16.4. The highest BCUT2D eigenvalue weighted by molar-refractivity contribution is 6.00. The summed E-state index contributed by atoms with van der Waals surface area (Å²) in [5, 5.41) is 14.1. The van der Waals surface area contributed by atoms with Gasteiger partial charge in [-0.25, -0.2) is 9.59 Å². The fourth-order valence-corrected chi connectivity index (χ4v) is 3.90. The molecule has 0 radical (unpaired) electrons. The number of nitrogens with zero attached hydrogens (tertiary/aromatic N) is 1. The van der Waals surface area contributed by atoms with E-state index in [0.29, 0.717) is 35.9 Å². The largest absolute Gasteiger partial charge is 0.481 e. The molecule has 10 heteroatoms. The maximum absolute atomic E-state index is 13.6. The monoisotopic (exact) mass is 447 g/mol. The van der Waals surface area contributed by atoms with E-state index in [1.807, 2.05) is 0 Å². The molecule has 174 valence electrons. The fraction of sp³-hybridized carbons (Fsp3) is 0.500. The van der Waals surface area contributed by atoms with Crippen LogP contribution in [0, 0.1) is 12.8 Å². The standard InChI is InChI=1S/C22H30N4O6/c1-13(2)19(25-20(30)16-7-6-8-17(23)14(16)3)21(31)26(9-4-5-10-26)22(32)24-15(12-27)11-18(28)29/h6-8,12-13,15,19H,4-5,9-11,23H2,1-3H3,(H2-,24,25,28,29,30,32)/p+1/t15-,19-/m0/s1. The van der Waals surface area contributed by atoms with E-state index in [-0.39, 0.29) is 19.0 Å². The Morgan fingerprint density at radius 1 is 1.16 bits per heavy atom. The first-order chi connectivity index (χ1) is 15.0. The lowest BCUT2D eigenvalue weighted by molar-refractivity contribution is -0.761. The smallest absolute Gasteiger partial charge is 0.424 e. The first-order valence-corrected chi connectivity index (χ1v) is 10.6. The number of hydrogen-bond acceptors (Lipinski definition) is 6. The molecule has 0 spiro atoms. The van der Waals surface area contributed by atoms with E-state index in [4.69, 9.17) is 10.8 Å². The summed E-state index contributed by atoms with van der Waals surface area (Å²) in [6.07, 6.45) is 0.976. The van der Waals surface area contributed by atoms with Gasteiger partial charge in [0.15, 0.2) is 0 Å². The number of imide groups is 1. The summed E-state index contributed by atoms with van der Waals surface area (Å²) in [5.41, 5.74) is 7.26. The number of aliphatic carboxylic acids is 1. The van der Waals surface area contributed by atoms with Gasteiger partial charge in [-0.05, 0) is 30.5 Å². The number of quaternary nitrogens is 1. The zero-order chi connectivity index (χ0) is 24.1. The second-order valence-corrected chi connectivity index (χ2v) is 8.47. The van der Waals surface area contributed by atoms with Crippen LogP contribution in [-0.2, 0) is 14.4 Å². The summed E-state index contributed by atoms with van der Waals surface area (Å²) in [4.78, 5) is 61.8. The van der Waals surface area contributed by atoms with Crippen molar-refractivity contribution in [2.75, 3.05) is 18.8 Å². The number of urea groups is 1. The molecule has 2 rings (SSSR count). The molecular formula is C22H31N4O6+. The topological polar surface area (TPSA) is 156 Å². The number of hydrogen-bond donors (Lipinski definition) is 4. The number of carbonyl (C=O) groups excluding carboxylic acids is 4. The van der Waals surface area contributed by atoms with Gasteiger partial charge < -0.3 is 21.0 Å². The summed E-state index contributed by atoms with van der Waals surface area (Å²) in [5.74, 6) is -2.54. The molecule has 10 nitrogen and oxygen atoms in total. The average Bonchev–Trinajstić information content (AvgIpc) is 3.23. The molecule has 1 aliphatic rings. The molecule has 32 heavy (non-hydrogen) atoms. The van der Waals surface area contributed by atoms with Crippen molar-refractivity contribution in [2.24, 2.45) is 5.92 Å². The van der Waals surface area contributed by atoms with E-state index in [9.17, 15) is 24.0 Å². The summed E-state index contributed by atoms with van der Waals surface area (Å²) < 4.78 is -0.594. The van der Waals surface area contributed by atoms with E-state index in [1.54, 1.807) is 39.0 Å². The highest BCUT2D eigenvalue weighted by Crippen LogP contribution is 2.25. The van der Waals surface area contributed by atoms with Gasteiger partial charge in [-0.2, -0.15) is 4.48 Å². The van der Waals surface area contributed by atoms with E-state index >= 15 is 0 Å². The van der Waals surface area contributed by atoms with Crippen molar-refractivity contribution in [2.45, 2.75) is 52.1 Å². The Kier molecular flexibility index (Phi) is 8.09. The molecule has 1 aliphatic heterocycles. The molecule has 1 heterocycles. The molecule has 0 aliphatic carbocycles. The number of nitrogens with one attached hydrogen (secondary N) is 2. The molecule has 4 amide bonds. The van der Waals surface area contributed by atoms with Crippen LogP contribution in [0.2, 0.25) is 0 Å². The van der Waals surface area contributed by atoms with Crippen molar-refractivity contribution in [1.82, 2.24) is 10.6 Å². The third-order valence-corrected chi connectivity index (χ3v) is 5.85. The van der Waals surface area contributed by atoms with Crippen molar-refractivity contribution in [3.63, 3.8) is 0 Å². The van der Waals surface area contributed by atoms with Gasteiger partial charge in [-0.1, -0.05) is 19.9 Å². The van der Waals surface area contributed by atoms with Crippen LogP contribution in [0.4, 0.5) is 10.5 Å². The number of amides is 4. The minimum Gasteiger partial charge on any atom is -0.481 e. The van der Waals surface area contributed by atoms with Crippen LogP contribution in [-0.4, -0.2) is 64.9 Å². The second-order valence-electron chi connectivity index (χ2n) is 8.47.